The topological polar surface area (TPSA) is 22.0 Å². The van der Waals surface area contributed by atoms with Crippen LogP contribution in [0.1, 0.15) is 29.3 Å². The lowest BCUT2D eigenvalue weighted by Gasteiger charge is -2.05. The number of carbonyl (C=O) groups is 1. The second kappa shape index (κ2) is 5.12. The number of carbonyl (C=O) groups excluding carboxylic acids is 1. The second-order valence-corrected chi connectivity index (χ2v) is 4.05. The average Bonchev–Trinajstić information content (AvgIpc) is 2.81. The molecular formula is C14H13F2NO. The monoisotopic (exact) mass is 249 g/mol. The van der Waals surface area contributed by atoms with Crippen LogP contribution in [-0.4, -0.2) is 10.4 Å². The molecule has 0 radical (unpaired) electrons. The van der Waals surface area contributed by atoms with Gasteiger partial charge in [-0.25, -0.2) is 8.78 Å². The van der Waals surface area contributed by atoms with Crippen LogP contribution in [0.4, 0.5) is 8.78 Å². The molecule has 2 aromatic rings. The molecule has 0 fully saturated rings. The summed E-state index contributed by atoms with van der Waals surface area (Å²) >= 11 is 0. The van der Waals surface area contributed by atoms with Gasteiger partial charge in [-0.2, -0.15) is 0 Å². The molecule has 0 aliphatic heterocycles. The van der Waals surface area contributed by atoms with Gasteiger partial charge in [-0.3, -0.25) is 4.79 Å². The molecule has 0 N–H and O–H groups in total. The van der Waals surface area contributed by atoms with Gasteiger partial charge in [0.05, 0.1) is 6.54 Å². The normalized spacial score (nSPS) is 10.6. The van der Waals surface area contributed by atoms with Gasteiger partial charge in [0.2, 0.25) is 0 Å². The molecule has 0 aliphatic rings. The maximum absolute atomic E-state index is 13.4. The highest BCUT2D eigenvalue weighted by Crippen LogP contribution is 2.15. The van der Waals surface area contributed by atoms with Crippen molar-refractivity contribution in [1.82, 2.24) is 4.57 Å². The average molecular weight is 249 g/mol. The molecule has 0 spiro atoms. The summed E-state index contributed by atoms with van der Waals surface area (Å²) in [5, 5.41) is 0. The van der Waals surface area contributed by atoms with Crippen molar-refractivity contribution < 1.29 is 13.6 Å². The van der Waals surface area contributed by atoms with Crippen molar-refractivity contribution in [2.75, 3.05) is 0 Å². The number of ketones is 1. The SMILES string of the molecule is CCC(=O)c1ccn(Cc2c(F)cccc2F)c1. The van der Waals surface area contributed by atoms with Gasteiger partial charge < -0.3 is 4.57 Å². The van der Waals surface area contributed by atoms with Crippen molar-refractivity contribution in [2.45, 2.75) is 19.9 Å². The van der Waals surface area contributed by atoms with Crippen LogP contribution in [-0.2, 0) is 6.54 Å². The van der Waals surface area contributed by atoms with Crippen molar-refractivity contribution in [3.8, 4) is 0 Å². The fourth-order valence-electron chi connectivity index (χ4n) is 1.77. The fourth-order valence-corrected chi connectivity index (χ4v) is 1.77. The number of hydrogen-bond donors (Lipinski definition) is 0. The van der Waals surface area contributed by atoms with E-state index < -0.39 is 11.6 Å². The zero-order chi connectivity index (χ0) is 13.1. The Balaban J connectivity index is 2.24. The summed E-state index contributed by atoms with van der Waals surface area (Å²) in [6, 6.07) is 5.43. The first kappa shape index (κ1) is 12.5. The lowest BCUT2D eigenvalue weighted by Crippen LogP contribution is -2.03. The summed E-state index contributed by atoms with van der Waals surface area (Å²) < 4.78 is 28.5. The Morgan fingerprint density at radius 1 is 1.22 bits per heavy atom. The molecule has 2 rings (SSSR count). The molecule has 0 aliphatic carbocycles. The summed E-state index contributed by atoms with van der Waals surface area (Å²) in [5.74, 6) is -1.14. The van der Waals surface area contributed by atoms with Gasteiger partial charge >= 0.3 is 0 Å². The first-order valence-electron chi connectivity index (χ1n) is 5.73. The molecule has 94 valence electrons. The van der Waals surface area contributed by atoms with Crippen LogP contribution in [0.2, 0.25) is 0 Å². The quantitative estimate of drug-likeness (QED) is 0.761. The van der Waals surface area contributed by atoms with Gasteiger partial charge in [0.1, 0.15) is 11.6 Å². The number of nitrogens with zero attached hydrogens (tertiary/aromatic N) is 1. The highest BCUT2D eigenvalue weighted by atomic mass is 19.1. The fraction of sp³-hybridized carbons (Fsp3) is 0.214. The molecule has 0 unspecified atom stereocenters. The predicted octanol–water partition coefficient (Wildman–Crippen LogP) is 3.41. The summed E-state index contributed by atoms with van der Waals surface area (Å²) in [6.07, 6.45) is 3.67. The zero-order valence-corrected chi connectivity index (χ0v) is 9.99. The molecule has 1 aromatic carbocycles. The Hall–Kier alpha value is -1.97. The third kappa shape index (κ3) is 2.47. The molecule has 0 saturated carbocycles. The number of benzene rings is 1. The second-order valence-electron chi connectivity index (χ2n) is 4.05. The third-order valence-corrected chi connectivity index (χ3v) is 2.80. The maximum atomic E-state index is 13.4. The Morgan fingerprint density at radius 3 is 2.50 bits per heavy atom. The molecule has 1 aromatic heterocycles. The third-order valence-electron chi connectivity index (χ3n) is 2.80. The molecule has 4 heteroatoms. The van der Waals surface area contributed by atoms with E-state index in [4.69, 9.17) is 0 Å². The number of aromatic nitrogens is 1. The van der Waals surface area contributed by atoms with E-state index in [9.17, 15) is 13.6 Å². The molecule has 0 saturated heterocycles. The van der Waals surface area contributed by atoms with Gasteiger partial charge in [-0.1, -0.05) is 13.0 Å². The number of Topliss-reactive ketones (excluding diaryl/α,β-unsaturated/α-hetero) is 1. The number of rotatable bonds is 4. The van der Waals surface area contributed by atoms with Crippen LogP contribution in [0.15, 0.2) is 36.7 Å². The van der Waals surface area contributed by atoms with E-state index in [2.05, 4.69) is 0 Å². The minimum atomic E-state index is -0.577. The molecular weight excluding hydrogens is 236 g/mol. The van der Waals surface area contributed by atoms with E-state index in [1.165, 1.54) is 18.2 Å². The highest BCUT2D eigenvalue weighted by Gasteiger charge is 2.10. The summed E-state index contributed by atoms with van der Waals surface area (Å²) in [6.45, 7) is 1.85. The van der Waals surface area contributed by atoms with E-state index in [1.54, 1.807) is 30.0 Å². The van der Waals surface area contributed by atoms with Gasteiger partial charge in [0.15, 0.2) is 5.78 Å². The van der Waals surface area contributed by atoms with Crippen LogP contribution in [0.5, 0.6) is 0 Å². The van der Waals surface area contributed by atoms with Gasteiger partial charge in [-0.05, 0) is 18.2 Å². The van der Waals surface area contributed by atoms with Gasteiger partial charge in [0.25, 0.3) is 0 Å². The predicted molar refractivity (Wildman–Crippen MR) is 64.5 cm³/mol. The summed E-state index contributed by atoms with van der Waals surface area (Å²) in [7, 11) is 0. The summed E-state index contributed by atoms with van der Waals surface area (Å²) in [5.41, 5.74) is 0.567. The Kier molecular flexibility index (Phi) is 3.55. The van der Waals surface area contributed by atoms with Crippen molar-refractivity contribution in [3.05, 3.63) is 59.4 Å². The Bertz CT molecular complexity index is 555. The van der Waals surface area contributed by atoms with Crippen molar-refractivity contribution in [1.29, 1.82) is 0 Å². The maximum Gasteiger partial charge on any atom is 0.164 e. The van der Waals surface area contributed by atoms with Crippen LogP contribution >= 0.6 is 0 Å². The van der Waals surface area contributed by atoms with Crippen LogP contribution < -0.4 is 0 Å². The Labute approximate surface area is 104 Å². The van der Waals surface area contributed by atoms with E-state index in [0.717, 1.165) is 0 Å². The van der Waals surface area contributed by atoms with E-state index >= 15 is 0 Å². The highest BCUT2D eigenvalue weighted by molar-refractivity contribution is 5.95. The van der Waals surface area contributed by atoms with E-state index in [0.29, 0.717) is 12.0 Å². The first-order chi connectivity index (χ1) is 8.61. The minimum absolute atomic E-state index is 0.00333. The standard InChI is InChI=1S/C14H13F2NO/c1-2-14(18)10-6-7-17(8-10)9-11-12(15)4-3-5-13(11)16/h3-8H,2,9H2,1H3. The van der Waals surface area contributed by atoms with Crippen molar-refractivity contribution in [2.24, 2.45) is 0 Å². The van der Waals surface area contributed by atoms with Crippen LogP contribution in [0.3, 0.4) is 0 Å². The largest absolute Gasteiger partial charge is 0.349 e. The molecule has 2 nitrogen and oxygen atoms in total. The lowest BCUT2D eigenvalue weighted by molar-refractivity contribution is 0.0988. The van der Waals surface area contributed by atoms with Crippen LogP contribution in [0.25, 0.3) is 0 Å². The minimum Gasteiger partial charge on any atom is -0.349 e. The molecule has 1 heterocycles. The number of hydrogen-bond acceptors (Lipinski definition) is 1. The molecule has 0 amide bonds. The summed E-state index contributed by atoms with van der Waals surface area (Å²) in [4.78, 5) is 11.5. The zero-order valence-electron chi connectivity index (χ0n) is 9.99. The first-order valence-corrected chi connectivity index (χ1v) is 5.73. The van der Waals surface area contributed by atoms with Crippen molar-refractivity contribution >= 4 is 5.78 Å². The van der Waals surface area contributed by atoms with Gasteiger partial charge in [0, 0.05) is 29.9 Å². The smallest absolute Gasteiger partial charge is 0.164 e. The van der Waals surface area contributed by atoms with Crippen LogP contribution in [0, 0.1) is 11.6 Å². The molecule has 18 heavy (non-hydrogen) atoms. The van der Waals surface area contributed by atoms with Crippen molar-refractivity contribution in [3.63, 3.8) is 0 Å². The molecule has 0 atom stereocenters. The Morgan fingerprint density at radius 2 is 1.89 bits per heavy atom. The number of halogens is 2. The molecule has 0 bridgehead atoms. The van der Waals surface area contributed by atoms with E-state index in [-0.39, 0.29) is 17.9 Å². The van der Waals surface area contributed by atoms with E-state index in [1.807, 2.05) is 0 Å². The lowest BCUT2D eigenvalue weighted by atomic mass is 10.2. The van der Waals surface area contributed by atoms with Gasteiger partial charge in [-0.15, -0.1) is 0 Å².